The number of hydrogen-bond donors (Lipinski definition) is 0. The Kier molecular flexibility index (Phi) is 1.81. The Morgan fingerprint density at radius 2 is 2.23 bits per heavy atom. The molecule has 13 heavy (non-hydrogen) atoms. The third-order valence-electron chi connectivity index (χ3n) is 2.78. The van der Waals surface area contributed by atoms with Crippen LogP contribution in [0.3, 0.4) is 0 Å². The molecular weight excluding hydrogens is 160 g/mol. The highest BCUT2D eigenvalue weighted by Crippen LogP contribution is 2.43. The SMILES string of the molecule is [C-]#[N+]C1(c2ccc(C)cn2)CCC1. The Hall–Kier alpha value is -1.36. The van der Waals surface area contributed by atoms with Gasteiger partial charge in [-0.2, -0.15) is 0 Å². The van der Waals surface area contributed by atoms with E-state index in [9.17, 15) is 0 Å². The largest absolute Gasteiger partial charge is 0.304 e. The van der Waals surface area contributed by atoms with E-state index in [1.807, 2.05) is 25.3 Å². The number of rotatable bonds is 1. The summed E-state index contributed by atoms with van der Waals surface area (Å²) in [7, 11) is 0. The molecule has 1 aliphatic rings. The van der Waals surface area contributed by atoms with Crippen LogP contribution in [0.5, 0.6) is 0 Å². The molecule has 0 saturated heterocycles. The lowest BCUT2D eigenvalue weighted by atomic mass is 9.75. The van der Waals surface area contributed by atoms with Crippen molar-refractivity contribution in [2.45, 2.75) is 31.7 Å². The van der Waals surface area contributed by atoms with Crippen LogP contribution in [0.4, 0.5) is 0 Å². The van der Waals surface area contributed by atoms with Crippen molar-refractivity contribution >= 4 is 0 Å². The highest BCUT2D eigenvalue weighted by molar-refractivity contribution is 5.26. The van der Waals surface area contributed by atoms with Crippen LogP contribution in [-0.2, 0) is 5.54 Å². The van der Waals surface area contributed by atoms with Crippen LogP contribution in [-0.4, -0.2) is 4.98 Å². The molecule has 0 aromatic carbocycles. The maximum Gasteiger partial charge on any atom is 0.274 e. The van der Waals surface area contributed by atoms with Crippen molar-refractivity contribution in [2.75, 3.05) is 0 Å². The van der Waals surface area contributed by atoms with Crippen LogP contribution in [0, 0.1) is 13.5 Å². The normalized spacial score (nSPS) is 18.8. The van der Waals surface area contributed by atoms with Gasteiger partial charge in [0.05, 0.1) is 0 Å². The summed E-state index contributed by atoms with van der Waals surface area (Å²) in [6, 6.07) is 4.03. The zero-order chi connectivity index (χ0) is 9.31. The first-order valence-electron chi connectivity index (χ1n) is 4.59. The molecule has 2 rings (SSSR count). The summed E-state index contributed by atoms with van der Waals surface area (Å²) in [6.45, 7) is 9.20. The minimum Gasteiger partial charge on any atom is -0.304 e. The first-order chi connectivity index (χ1) is 6.27. The van der Waals surface area contributed by atoms with Crippen LogP contribution in [0.25, 0.3) is 4.85 Å². The van der Waals surface area contributed by atoms with E-state index in [2.05, 4.69) is 9.83 Å². The van der Waals surface area contributed by atoms with E-state index in [4.69, 9.17) is 6.57 Å². The van der Waals surface area contributed by atoms with Gasteiger partial charge in [-0.1, -0.05) is 6.07 Å². The van der Waals surface area contributed by atoms with Crippen LogP contribution in [0.15, 0.2) is 18.3 Å². The van der Waals surface area contributed by atoms with Crippen LogP contribution in [0.1, 0.15) is 30.5 Å². The number of pyridine rings is 1. The molecule has 1 aliphatic carbocycles. The van der Waals surface area contributed by atoms with Crippen molar-refractivity contribution in [3.63, 3.8) is 0 Å². The van der Waals surface area contributed by atoms with Gasteiger partial charge in [-0.25, -0.2) is 6.57 Å². The fraction of sp³-hybridized carbons (Fsp3) is 0.455. The predicted molar refractivity (Wildman–Crippen MR) is 51.1 cm³/mol. The molecule has 1 fully saturated rings. The second kappa shape index (κ2) is 2.85. The van der Waals surface area contributed by atoms with Gasteiger partial charge in [0, 0.05) is 19.0 Å². The van der Waals surface area contributed by atoms with E-state index in [1.54, 1.807) is 0 Å². The average molecular weight is 172 g/mol. The van der Waals surface area contributed by atoms with Crippen LogP contribution < -0.4 is 0 Å². The summed E-state index contributed by atoms with van der Waals surface area (Å²) in [5, 5.41) is 0. The van der Waals surface area contributed by atoms with Crippen molar-refractivity contribution < 1.29 is 0 Å². The van der Waals surface area contributed by atoms with E-state index >= 15 is 0 Å². The van der Waals surface area contributed by atoms with Gasteiger partial charge in [0.2, 0.25) is 0 Å². The predicted octanol–water partition coefficient (Wildman–Crippen LogP) is 2.69. The molecule has 0 atom stereocenters. The topological polar surface area (TPSA) is 17.2 Å². The summed E-state index contributed by atoms with van der Waals surface area (Å²) in [5.41, 5.74) is 1.84. The number of aryl methyl sites for hydroxylation is 1. The first-order valence-corrected chi connectivity index (χ1v) is 4.59. The molecule has 0 unspecified atom stereocenters. The van der Waals surface area contributed by atoms with Crippen molar-refractivity contribution in [3.8, 4) is 0 Å². The quantitative estimate of drug-likeness (QED) is 0.595. The summed E-state index contributed by atoms with van der Waals surface area (Å²) in [5.74, 6) is 0. The van der Waals surface area contributed by atoms with Crippen molar-refractivity contribution in [1.29, 1.82) is 0 Å². The van der Waals surface area contributed by atoms with Gasteiger partial charge in [-0.3, -0.25) is 4.98 Å². The fourth-order valence-corrected chi connectivity index (χ4v) is 1.68. The minimum atomic E-state index is -0.270. The van der Waals surface area contributed by atoms with Crippen molar-refractivity contribution in [2.24, 2.45) is 0 Å². The lowest BCUT2D eigenvalue weighted by Gasteiger charge is -2.29. The Morgan fingerprint density at radius 3 is 2.62 bits per heavy atom. The van der Waals surface area contributed by atoms with Gasteiger partial charge < -0.3 is 4.85 Å². The monoisotopic (exact) mass is 172 g/mol. The number of nitrogens with zero attached hydrogens (tertiary/aromatic N) is 2. The Bertz CT molecular complexity index is 341. The molecule has 0 bridgehead atoms. The maximum absolute atomic E-state index is 7.18. The van der Waals surface area contributed by atoms with E-state index in [0.717, 1.165) is 30.5 Å². The van der Waals surface area contributed by atoms with E-state index in [0.29, 0.717) is 0 Å². The smallest absolute Gasteiger partial charge is 0.274 e. The van der Waals surface area contributed by atoms with Crippen LogP contribution in [0.2, 0.25) is 0 Å². The molecule has 2 heteroatoms. The maximum atomic E-state index is 7.18. The molecule has 66 valence electrons. The Labute approximate surface area is 78.4 Å². The zero-order valence-corrected chi connectivity index (χ0v) is 7.75. The molecular formula is C11H12N2. The molecule has 1 saturated carbocycles. The van der Waals surface area contributed by atoms with Gasteiger partial charge in [-0.15, -0.1) is 0 Å². The molecule has 1 aromatic heterocycles. The Morgan fingerprint density at radius 1 is 1.46 bits per heavy atom. The molecule has 0 amide bonds. The van der Waals surface area contributed by atoms with Gasteiger partial charge in [0.25, 0.3) is 5.54 Å². The second-order valence-corrected chi connectivity index (χ2v) is 3.72. The molecule has 2 nitrogen and oxygen atoms in total. The van der Waals surface area contributed by atoms with Gasteiger partial charge >= 0.3 is 0 Å². The highest BCUT2D eigenvalue weighted by Gasteiger charge is 2.46. The minimum absolute atomic E-state index is 0.270. The summed E-state index contributed by atoms with van der Waals surface area (Å²) < 4.78 is 0. The molecule has 0 aliphatic heterocycles. The lowest BCUT2D eigenvalue weighted by molar-refractivity contribution is 0.302. The van der Waals surface area contributed by atoms with Crippen LogP contribution >= 0.6 is 0 Å². The summed E-state index contributed by atoms with van der Waals surface area (Å²) in [4.78, 5) is 8.04. The molecule has 0 N–H and O–H groups in total. The Balaban J connectivity index is 2.35. The molecule has 0 radical (unpaired) electrons. The molecule has 1 heterocycles. The van der Waals surface area contributed by atoms with E-state index in [-0.39, 0.29) is 5.54 Å². The van der Waals surface area contributed by atoms with E-state index in [1.165, 1.54) is 0 Å². The number of hydrogen-bond acceptors (Lipinski definition) is 1. The standard InChI is InChI=1S/C11H12N2/c1-9-4-5-10(13-8-9)11(12-2)6-3-7-11/h4-5,8H,3,6-7H2,1H3. The fourth-order valence-electron chi connectivity index (χ4n) is 1.68. The van der Waals surface area contributed by atoms with Crippen molar-refractivity contribution in [1.82, 2.24) is 4.98 Å². The average Bonchev–Trinajstić information content (AvgIpc) is 2.07. The third kappa shape index (κ3) is 1.21. The van der Waals surface area contributed by atoms with Gasteiger partial charge in [-0.05, 0) is 25.0 Å². The first kappa shape index (κ1) is 8.25. The summed E-state index contributed by atoms with van der Waals surface area (Å²) in [6.07, 6.45) is 4.97. The second-order valence-electron chi connectivity index (χ2n) is 3.72. The highest BCUT2D eigenvalue weighted by atomic mass is 14.9. The van der Waals surface area contributed by atoms with Gasteiger partial charge in [0.15, 0.2) is 0 Å². The molecule has 0 spiro atoms. The zero-order valence-electron chi connectivity index (χ0n) is 7.75. The third-order valence-corrected chi connectivity index (χ3v) is 2.78. The lowest BCUT2D eigenvalue weighted by Crippen LogP contribution is -2.31. The van der Waals surface area contributed by atoms with E-state index < -0.39 is 0 Å². The number of aromatic nitrogens is 1. The summed E-state index contributed by atoms with van der Waals surface area (Å²) >= 11 is 0. The molecule has 1 aromatic rings. The van der Waals surface area contributed by atoms with Gasteiger partial charge in [0.1, 0.15) is 5.69 Å². The van der Waals surface area contributed by atoms with Crippen molar-refractivity contribution in [3.05, 3.63) is 41.0 Å².